The molecule has 110 valence electrons. The first-order valence-electron chi connectivity index (χ1n) is 6.30. The zero-order valence-electron chi connectivity index (χ0n) is 11.1. The molecule has 1 saturated carbocycles. The van der Waals surface area contributed by atoms with Crippen LogP contribution >= 0.6 is 0 Å². The van der Waals surface area contributed by atoms with Crippen LogP contribution in [0.2, 0.25) is 0 Å². The lowest BCUT2D eigenvalue weighted by Crippen LogP contribution is -2.38. The Labute approximate surface area is 117 Å². The number of hydrogen-bond acceptors (Lipinski definition) is 4. The summed E-state index contributed by atoms with van der Waals surface area (Å²) in [4.78, 5) is 10.9. The molecule has 0 heterocycles. The lowest BCUT2D eigenvalue weighted by Gasteiger charge is -2.16. The minimum atomic E-state index is -3.74. The molecule has 1 aliphatic rings. The Balaban J connectivity index is 2.18. The van der Waals surface area contributed by atoms with Gasteiger partial charge >= 0.3 is 5.97 Å². The molecule has 2 N–H and O–H groups in total. The maximum atomic E-state index is 12.3. The van der Waals surface area contributed by atoms with Gasteiger partial charge in [-0.3, -0.25) is 4.79 Å². The van der Waals surface area contributed by atoms with Gasteiger partial charge in [0.2, 0.25) is 10.0 Å². The fourth-order valence-corrected chi connectivity index (χ4v) is 3.37. The van der Waals surface area contributed by atoms with Gasteiger partial charge in [-0.25, -0.2) is 13.1 Å². The number of carbonyl (C=O) groups is 1. The molecule has 1 aliphatic carbocycles. The number of rotatable bonds is 7. The average molecular weight is 299 g/mol. The van der Waals surface area contributed by atoms with Gasteiger partial charge in [0.1, 0.15) is 5.75 Å². The van der Waals surface area contributed by atoms with Crippen LogP contribution in [0.15, 0.2) is 29.2 Å². The second kappa shape index (κ2) is 5.80. The highest BCUT2D eigenvalue weighted by molar-refractivity contribution is 7.89. The molecule has 2 rings (SSSR count). The minimum Gasteiger partial charge on any atom is -0.497 e. The van der Waals surface area contributed by atoms with Crippen LogP contribution in [0.5, 0.6) is 5.75 Å². The molecule has 6 nitrogen and oxygen atoms in total. The van der Waals surface area contributed by atoms with Crippen LogP contribution in [0.25, 0.3) is 0 Å². The van der Waals surface area contributed by atoms with Gasteiger partial charge in [0.05, 0.1) is 18.4 Å². The molecule has 1 aromatic rings. The molecule has 0 spiro atoms. The van der Waals surface area contributed by atoms with Crippen molar-refractivity contribution in [2.75, 3.05) is 7.11 Å². The highest BCUT2D eigenvalue weighted by Gasteiger charge is 2.35. The van der Waals surface area contributed by atoms with Crippen molar-refractivity contribution in [3.05, 3.63) is 24.3 Å². The molecular weight excluding hydrogens is 282 g/mol. The standard InChI is InChI=1S/C13H17NO5S/c1-19-10-3-2-4-11(7-10)20(17,18)14-12(8-13(15)16)9-5-6-9/h2-4,7,9,12,14H,5-6,8H2,1H3,(H,15,16). The summed E-state index contributed by atoms with van der Waals surface area (Å²) in [6.07, 6.45) is 1.52. The molecule has 1 unspecified atom stereocenters. The first-order chi connectivity index (χ1) is 9.42. The van der Waals surface area contributed by atoms with E-state index in [1.165, 1.54) is 19.2 Å². The van der Waals surface area contributed by atoms with Crippen molar-refractivity contribution < 1.29 is 23.1 Å². The molecule has 7 heteroatoms. The topological polar surface area (TPSA) is 92.7 Å². The maximum absolute atomic E-state index is 12.3. The normalized spacial score (nSPS) is 16.6. The average Bonchev–Trinajstić information content (AvgIpc) is 3.21. The predicted molar refractivity (Wildman–Crippen MR) is 72.1 cm³/mol. The second-order valence-electron chi connectivity index (χ2n) is 4.84. The molecule has 20 heavy (non-hydrogen) atoms. The minimum absolute atomic E-state index is 0.0767. The molecule has 1 aromatic carbocycles. The van der Waals surface area contributed by atoms with Crippen molar-refractivity contribution in [3.63, 3.8) is 0 Å². The number of hydrogen-bond donors (Lipinski definition) is 2. The highest BCUT2D eigenvalue weighted by Crippen LogP contribution is 2.34. The van der Waals surface area contributed by atoms with Crippen LogP contribution in [-0.4, -0.2) is 32.6 Å². The third-order valence-corrected chi connectivity index (χ3v) is 4.73. The Morgan fingerprint density at radius 3 is 2.75 bits per heavy atom. The van der Waals surface area contributed by atoms with E-state index in [1.54, 1.807) is 12.1 Å². The van der Waals surface area contributed by atoms with Gasteiger partial charge in [-0.15, -0.1) is 0 Å². The molecule has 0 saturated heterocycles. The molecule has 0 bridgehead atoms. The van der Waals surface area contributed by atoms with Crippen LogP contribution in [0, 0.1) is 5.92 Å². The fraction of sp³-hybridized carbons (Fsp3) is 0.462. The number of methoxy groups -OCH3 is 1. The monoisotopic (exact) mass is 299 g/mol. The number of nitrogens with one attached hydrogen (secondary N) is 1. The van der Waals surface area contributed by atoms with Gasteiger partial charge in [0.25, 0.3) is 0 Å². The van der Waals surface area contributed by atoms with E-state index >= 15 is 0 Å². The Hall–Kier alpha value is -1.60. The SMILES string of the molecule is COc1cccc(S(=O)(=O)NC(CC(=O)O)C2CC2)c1. The van der Waals surface area contributed by atoms with Gasteiger partial charge in [-0.1, -0.05) is 6.07 Å². The van der Waals surface area contributed by atoms with E-state index < -0.39 is 22.0 Å². The summed E-state index contributed by atoms with van der Waals surface area (Å²) >= 11 is 0. The maximum Gasteiger partial charge on any atom is 0.304 e. The number of sulfonamides is 1. The van der Waals surface area contributed by atoms with Crippen LogP contribution < -0.4 is 9.46 Å². The molecular formula is C13H17NO5S. The number of aliphatic carboxylic acids is 1. The summed E-state index contributed by atoms with van der Waals surface area (Å²) in [5.74, 6) is -0.448. The van der Waals surface area contributed by atoms with Gasteiger partial charge < -0.3 is 9.84 Å². The Bertz CT molecular complexity index is 595. The van der Waals surface area contributed by atoms with Crippen LogP contribution in [0.1, 0.15) is 19.3 Å². The fourth-order valence-electron chi connectivity index (χ4n) is 2.03. The summed E-state index contributed by atoms with van der Waals surface area (Å²) in [6, 6.07) is 5.54. The van der Waals surface area contributed by atoms with Crippen LogP contribution in [0.3, 0.4) is 0 Å². The third kappa shape index (κ3) is 3.71. The van der Waals surface area contributed by atoms with Crippen molar-refractivity contribution >= 4 is 16.0 Å². The molecule has 0 aliphatic heterocycles. The Morgan fingerprint density at radius 2 is 2.20 bits per heavy atom. The lowest BCUT2D eigenvalue weighted by molar-refractivity contribution is -0.137. The van der Waals surface area contributed by atoms with E-state index in [4.69, 9.17) is 9.84 Å². The Kier molecular flexibility index (Phi) is 4.29. The quantitative estimate of drug-likeness (QED) is 0.790. The molecule has 0 radical (unpaired) electrons. The van der Waals surface area contributed by atoms with E-state index in [1.807, 2.05) is 0 Å². The van der Waals surface area contributed by atoms with Crippen LogP contribution in [-0.2, 0) is 14.8 Å². The zero-order valence-corrected chi connectivity index (χ0v) is 11.9. The van der Waals surface area contributed by atoms with Gasteiger partial charge in [0.15, 0.2) is 0 Å². The Morgan fingerprint density at radius 1 is 1.50 bits per heavy atom. The van der Waals surface area contributed by atoms with Crippen molar-refractivity contribution in [2.45, 2.75) is 30.2 Å². The third-order valence-electron chi connectivity index (χ3n) is 3.24. The molecule has 0 aromatic heterocycles. The lowest BCUT2D eigenvalue weighted by atomic mass is 10.1. The van der Waals surface area contributed by atoms with Gasteiger partial charge in [-0.2, -0.15) is 0 Å². The number of carboxylic acids is 1. The summed E-state index contributed by atoms with van der Waals surface area (Å²) in [6.45, 7) is 0. The predicted octanol–water partition coefficient (Wildman–Crippen LogP) is 1.23. The van der Waals surface area contributed by atoms with Crippen molar-refractivity contribution in [1.82, 2.24) is 4.72 Å². The van der Waals surface area contributed by atoms with Crippen LogP contribution in [0.4, 0.5) is 0 Å². The van der Waals surface area contributed by atoms with Crippen molar-refractivity contribution in [1.29, 1.82) is 0 Å². The van der Waals surface area contributed by atoms with Crippen molar-refractivity contribution in [3.8, 4) is 5.75 Å². The van der Waals surface area contributed by atoms with E-state index in [0.717, 1.165) is 12.8 Å². The largest absolute Gasteiger partial charge is 0.497 e. The number of ether oxygens (including phenoxy) is 1. The number of carboxylic acid groups (broad SMARTS) is 1. The summed E-state index contributed by atoms with van der Waals surface area (Å²) in [5.41, 5.74) is 0. The van der Waals surface area contributed by atoms with Gasteiger partial charge in [-0.05, 0) is 30.9 Å². The first-order valence-corrected chi connectivity index (χ1v) is 7.79. The summed E-state index contributed by atoms with van der Waals surface area (Å²) in [5, 5.41) is 8.86. The molecule has 1 fully saturated rings. The smallest absolute Gasteiger partial charge is 0.304 e. The molecule has 0 amide bonds. The van der Waals surface area contributed by atoms with E-state index in [2.05, 4.69) is 4.72 Å². The summed E-state index contributed by atoms with van der Waals surface area (Å²) < 4.78 is 32.0. The number of benzene rings is 1. The van der Waals surface area contributed by atoms with E-state index in [9.17, 15) is 13.2 Å². The highest BCUT2D eigenvalue weighted by atomic mass is 32.2. The second-order valence-corrected chi connectivity index (χ2v) is 6.56. The molecule has 1 atom stereocenters. The van der Waals surface area contributed by atoms with E-state index in [-0.39, 0.29) is 17.2 Å². The van der Waals surface area contributed by atoms with Crippen molar-refractivity contribution in [2.24, 2.45) is 5.92 Å². The summed E-state index contributed by atoms with van der Waals surface area (Å²) in [7, 11) is -2.28. The van der Waals surface area contributed by atoms with Gasteiger partial charge in [0, 0.05) is 12.1 Å². The van der Waals surface area contributed by atoms with E-state index in [0.29, 0.717) is 5.75 Å². The first kappa shape index (κ1) is 14.8. The zero-order chi connectivity index (χ0) is 14.8.